The quantitative estimate of drug-likeness (QED) is 0.927. The molecule has 0 amide bonds. The summed E-state index contributed by atoms with van der Waals surface area (Å²) in [5, 5.41) is 9.40. The molecule has 1 fully saturated rings. The van der Waals surface area contributed by atoms with Gasteiger partial charge in [0.2, 0.25) is 0 Å². The van der Waals surface area contributed by atoms with E-state index < -0.39 is 21.2 Å². The van der Waals surface area contributed by atoms with Crippen molar-refractivity contribution in [3.05, 3.63) is 24.3 Å². The minimum Gasteiger partial charge on any atom is -0.495 e. The van der Waals surface area contributed by atoms with Crippen molar-refractivity contribution in [2.75, 3.05) is 7.11 Å². The second-order valence-electron chi connectivity index (χ2n) is 5.39. The van der Waals surface area contributed by atoms with Gasteiger partial charge in [0.1, 0.15) is 10.6 Å². The Morgan fingerprint density at radius 2 is 2.00 bits per heavy atom. The maximum atomic E-state index is 12.8. The lowest BCUT2D eigenvalue weighted by Gasteiger charge is -2.32. The van der Waals surface area contributed by atoms with E-state index in [2.05, 4.69) is 6.92 Å². The SMILES string of the molecule is CCC1CCC(O)C(S(=O)(=O)c2ccccc2OC)C1. The second kappa shape index (κ2) is 6.14. The van der Waals surface area contributed by atoms with Crippen LogP contribution in [0.3, 0.4) is 0 Å². The molecular formula is C15H22O4S. The molecule has 0 aliphatic heterocycles. The minimum absolute atomic E-state index is 0.184. The average Bonchev–Trinajstić information content (AvgIpc) is 2.47. The zero-order chi connectivity index (χ0) is 14.8. The van der Waals surface area contributed by atoms with E-state index in [1.165, 1.54) is 7.11 Å². The third-order valence-corrected chi connectivity index (χ3v) is 6.47. The highest BCUT2D eigenvalue weighted by Crippen LogP contribution is 2.36. The van der Waals surface area contributed by atoms with Crippen LogP contribution >= 0.6 is 0 Å². The van der Waals surface area contributed by atoms with Gasteiger partial charge in [-0.1, -0.05) is 25.5 Å². The summed E-state index contributed by atoms with van der Waals surface area (Å²) in [5.74, 6) is 0.714. The lowest BCUT2D eigenvalue weighted by Crippen LogP contribution is -2.39. The first kappa shape index (κ1) is 15.3. The number of sulfone groups is 1. The number of rotatable bonds is 4. The van der Waals surface area contributed by atoms with Crippen molar-refractivity contribution in [1.82, 2.24) is 0 Å². The molecule has 20 heavy (non-hydrogen) atoms. The molecular weight excluding hydrogens is 276 g/mol. The normalized spacial score (nSPS) is 27.2. The Bertz CT molecular complexity index is 553. The summed E-state index contributed by atoms with van der Waals surface area (Å²) in [4.78, 5) is 0.184. The van der Waals surface area contributed by atoms with Crippen molar-refractivity contribution in [2.24, 2.45) is 5.92 Å². The van der Waals surface area contributed by atoms with E-state index in [-0.39, 0.29) is 4.90 Å². The maximum Gasteiger partial charge on any atom is 0.187 e. The number of hydrogen-bond acceptors (Lipinski definition) is 4. The summed E-state index contributed by atoms with van der Waals surface area (Å²) in [6, 6.07) is 6.61. The number of ether oxygens (including phenoxy) is 1. The first-order chi connectivity index (χ1) is 9.50. The van der Waals surface area contributed by atoms with Gasteiger partial charge in [-0.2, -0.15) is 0 Å². The van der Waals surface area contributed by atoms with E-state index >= 15 is 0 Å². The Labute approximate surface area is 120 Å². The molecule has 0 radical (unpaired) electrons. The van der Waals surface area contributed by atoms with E-state index in [4.69, 9.17) is 4.74 Å². The van der Waals surface area contributed by atoms with Crippen LogP contribution in [0.5, 0.6) is 5.75 Å². The molecule has 1 N–H and O–H groups in total. The third-order valence-electron chi connectivity index (χ3n) is 4.22. The van der Waals surface area contributed by atoms with Crippen molar-refractivity contribution in [1.29, 1.82) is 0 Å². The van der Waals surface area contributed by atoms with Crippen LogP contribution in [0.1, 0.15) is 32.6 Å². The first-order valence-corrected chi connectivity index (χ1v) is 8.60. The average molecular weight is 298 g/mol. The molecule has 2 rings (SSSR count). The minimum atomic E-state index is -3.57. The zero-order valence-electron chi connectivity index (χ0n) is 12.0. The van der Waals surface area contributed by atoms with Gasteiger partial charge in [0.25, 0.3) is 0 Å². The molecule has 3 unspecified atom stereocenters. The van der Waals surface area contributed by atoms with Crippen molar-refractivity contribution >= 4 is 9.84 Å². The number of benzene rings is 1. The molecule has 0 heterocycles. The van der Waals surface area contributed by atoms with E-state index in [1.807, 2.05) is 0 Å². The highest BCUT2D eigenvalue weighted by atomic mass is 32.2. The van der Waals surface area contributed by atoms with Gasteiger partial charge in [-0.3, -0.25) is 0 Å². The molecule has 3 atom stereocenters. The fourth-order valence-corrected chi connectivity index (χ4v) is 5.02. The van der Waals surface area contributed by atoms with Crippen LogP contribution in [0.2, 0.25) is 0 Å². The van der Waals surface area contributed by atoms with Crippen LogP contribution in [-0.2, 0) is 9.84 Å². The summed E-state index contributed by atoms with van der Waals surface area (Å²) in [7, 11) is -2.11. The van der Waals surface area contributed by atoms with Crippen molar-refractivity contribution in [2.45, 2.75) is 48.9 Å². The highest BCUT2D eigenvalue weighted by Gasteiger charge is 2.39. The topological polar surface area (TPSA) is 63.6 Å². The van der Waals surface area contributed by atoms with E-state index in [0.29, 0.717) is 24.5 Å². The molecule has 1 aliphatic rings. The van der Waals surface area contributed by atoms with Gasteiger partial charge in [-0.15, -0.1) is 0 Å². The van der Waals surface area contributed by atoms with E-state index in [0.717, 1.165) is 12.8 Å². The maximum absolute atomic E-state index is 12.8. The number of aliphatic hydroxyl groups excluding tert-OH is 1. The summed E-state index contributed by atoms with van der Waals surface area (Å²) in [6.45, 7) is 2.06. The molecule has 0 aromatic heterocycles. The van der Waals surface area contributed by atoms with Crippen LogP contribution in [0.25, 0.3) is 0 Å². The molecule has 0 spiro atoms. The molecule has 5 heteroatoms. The van der Waals surface area contributed by atoms with Gasteiger partial charge in [0.05, 0.1) is 18.5 Å². The van der Waals surface area contributed by atoms with Crippen LogP contribution in [0.4, 0.5) is 0 Å². The van der Waals surface area contributed by atoms with Crippen LogP contribution in [0.15, 0.2) is 29.2 Å². The number of para-hydroxylation sites is 1. The van der Waals surface area contributed by atoms with Crippen molar-refractivity contribution in [3.8, 4) is 5.75 Å². The Balaban J connectivity index is 2.38. The predicted molar refractivity (Wildman–Crippen MR) is 77.6 cm³/mol. The first-order valence-electron chi connectivity index (χ1n) is 7.05. The molecule has 4 nitrogen and oxygen atoms in total. The highest BCUT2D eigenvalue weighted by molar-refractivity contribution is 7.92. The zero-order valence-corrected chi connectivity index (χ0v) is 12.8. The summed E-state index contributed by atoms with van der Waals surface area (Å²) < 4.78 is 30.7. The molecule has 1 aromatic rings. The fourth-order valence-electron chi connectivity index (χ4n) is 2.92. The summed E-state index contributed by atoms with van der Waals surface area (Å²) in [5.41, 5.74) is 0. The molecule has 0 bridgehead atoms. The summed E-state index contributed by atoms with van der Waals surface area (Å²) in [6.07, 6.45) is 2.14. The van der Waals surface area contributed by atoms with Gasteiger partial charge < -0.3 is 9.84 Å². The van der Waals surface area contributed by atoms with Gasteiger partial charge in [-0.25, -0.2) is 8.42 Å². The van der Waals surface area contributed by atoms with Gasteiger partial charge in [0.15, 0.2) is 9.84 Å². The van der Waals surface area contributed by atoms with Crippen molar-refractivity contribution in [3.63, 3.8) is 0 Å². The molecule has 1 saturated carbocycles. The smallest absolute Gasteiger partial charge is 0.187 e. The van der Waals surface area contributed by atoms with Gasteiger partial charge in [-0.05, 0) is 37.3 Å². The van der Waals surface area contributed by atoms with Crippen LogP contribution in [-0.4, -0.2) is 32.0 Å². The standard InChI is InChI=1S/C15H22O4S/c1-3-11-8-9-12(16)15(10-11)20(17,18)14-7-5-4-6-13(14)19-2/h4-7,11-12,15-16H,3,8-10H2,1-2H3. The number of methoxy groups -OCH3 is 1. The lowest BCUT2D eigenvalue weighted by molar-refractivity contribution is 0.111. The van der Waals surface area contributed by atoms with E-state index in [1.54, 1.807) is 24.3 Å². The molecule has 112 valence electrons. The number of aliphatic hydroxyl groups is 1. The van der Waals surface area contributed by atoms with E-state index in [9.17, 15) is 13.5 Å². The predicted octanol–water partition coefficient (Wildman–Crippen LogP) is 2.41. The Kier molecular flexibility index (Phi) is 4.70. The fraction of sp³-hybridized carbons (Fsp3) is 0.600. The van der Waals surface area contributed by atoms with Gasteiger partial charge >= 0.3 is 0 Å². The van der Waals surface area contributed by atoms with Crippen LogP contribution < -0.4 is 4.74 Å². The monoisotopic (exact) mass is 298 g/mol. The van der Waals surface area contributed by atoms with Crippen LogP contribution in [0, 0.1) is 5.92 Å². The molecule has 0 saturated heterocycles. The number of hydrogen-bond donors (Lipinski definition) is 1. The molecule has 1 aromatic carbocycles. The lowest BCUT2D eigenvalue weighted by atomic mass is 9.85. The Hall–Kier alpha value is -1.07. The van der Waals surface area contributed by atoms with Crippen molar-refractivity contribution < 1.29 is 18.3 Å². The Morgan fingerprint density at radius 1 is 1.30 bits per heavy atom. The Morgan fingerprint density at radius 3 is 2.65 bits per heavy atom. The second-order valence-corrected chi connectivity index (χ2v) is 7.52. The molecule has 1 aliphatic carbocycles. The summed E-state index contributed by atoms with van der Waals surface area (Å²) >= 11 is 0. The van der Waals surface area contributed by atoms with Gasteiger partial charge in [0, 0.05) is 0 Å². The third kappa shape index (κ3) is 2.83. The largest absolute Gasteiger partial charge is 0.495 e.